The topological polar surface area (TPSA) is 662 Å². The Balaban J connectivity index is 2.26. The van der Waals surface area contributed by atoms with Crippen LogP contribution >= 0.6 is 12.6 Å². The molecule has 0 spiro atoms. The molecule has 40 nitrogen and oxygen atoms in total. The largest absolute Gasteiger partial charge is 0.508 e. The number of nitrogens with zero attached hydrogens (tertiary/aromatic N) is 1. The van der Waals surface area contributed by atoms with Crippen molar-refractivity contribution in [2.75, 3.05) is 38.6 Å². The van der Waals surface area contributed by atoms with E-state index in [-0.39, 0.29) is 87.3 Å². The van der Waals surface area contributed by atoms with Gasteiger partial charge in [-0.05, 0) is 114 Å². The third kappa shape index (κ3) is 35.5. The molecule has 0 aliphatic heterocycles. The number of guanidine groups is 1. The second kappa shape index (κ2) is 50.6. The number of aliphatic imine (C=N–C) groups is 1. The van der Waals surface area contributed by atoms with Crippen LogP contribution in [0.25, 0.3) is 0 Å². The summed E-state index contributed by atoms with van der Waals surface area (Å²) in [5.41, 5.74) is 23.3. The number of hydrogen-bond acceptors (Lipinski definition) is 24. The molecule has 2 aromatic rings. The summed E-state index contributed by atoms with van der Waals surface area (Å²) in [7, 11) is 0. The third-order valence-electron chi connectivity index (χ3n) is 17.7. The second-order valence-corrected chi connectivity index (χ2v) is 28.5. The molecule has 0 aliphatic carbocycles. The number of carbonyl (C=O) groups excluding carboxylic acids is 14. The highest BCUT2D eigenvalue weighted by molar-refractivity contribution is 7.80. The van der Waals surface area contributed by atoms with Gasteiger partial charge >= 0.3 is 5.97 Å². The minimum atomic E-state index is -1.86. The number of aliphatic carboxylic acids is 1. The van der Waals surface area contributed by atoms with Crippen LogP contribution in [0.15, 0.2) is 59.6 Å². The molecule has 0 bridgehead atoms. The molecule has 113 heavy (non-hydrogen) atoms. The fourth-order valence-corrected chi connectivity index (χ4v) is 11.0. The van der Waals surface area contributed by atoms with Crippen LogP contribution in [0.4, 0.5) is 0 Å². The summed E-state index contributed by atoms with van der Waals surface area (Å²) in [6.45, 7) is 11.9. The van der Waals surface area contributed by atoms with Crippen LogP contribution in [0.1, 0.15) is 125 Å². The van der Waals surface area contributed by atoms with E-state index < -0.39 is 211 Å². The molecule has 14 amide bonds. The van der Waals surface area contributed by atoms with Gasteiger partial charge in [0.15, 0.2) is 5.96 Å². The van der Waals surface area contributed by atoms with Gasteiger partial charge < -0.3 is 128 Å². The van der Waals surface area contributed by atoms with Crippen molar-refractivity contribution < 1.29 is 103 Å². The van der Waals surface area contributed by atoms with E-state index in [9.17, 15) is 103 Å². The van der Waals surface area contributed by atoms with Crippen LogP contribution in [0.2, 0.25) is 0 Å². The Morgan fingerprint density at radius 2 is 0.876 bits per heavy atom. The predicted molar refractivity (Wildman–Crippen MR) is 415 cm³/mol. The number of phenolic OH excluding ortho intramolecular Hbond substituents is 1. The minimum absolute atomic E-state index is 0.0264. The molecule has 0 heterocycles. The van der Waals surface area contributed by atoms with Crippen molar-refractivity contribution in [3.8, 4) is 5.75 Å². The highest BCUT2D eigenvalue weighted by atomic mass is 32.1. The van der Waals surface area contributed by atoms with E-state index in [1.165, 1.54) is 45.0 Å². The van der Waals surface area contributed by atoms with Gasteiger partial charge in [-0.3, -0.25) is 72.1 Å². The van der Waals surface area contributed by atoms with E-state index in [4.69, 9.17) is 22.9 Å². The molecule has 2 aromatic carbocycles. The molecular weight excluding hydrogens is 1500 g/mol. The van der Waals surface area contributed by atoms with Crippen molar-refractivity contribution in [2.24, 2.45) is 45.7 Å². The lowest BCUT2D eigenvalue weighted by Gasteiger charge is -2.29. The normalized spacial score (nSPS) is 15.7. The number of amides is 14. The molecule has 0 unspecified atom stereocenters. The fourth-order valence-electron chi connectivity index (χ4n) is 10.7. The molecular formula is C72H117N19O21S. The van der Waals surface area contributed by atoms with Gasteiger partial charge in [-0.25, -0.2) is 4.79 Å². The lowest BCUT2D eigenvalue weighted by molar-refractivity contribution is -0.142. The van der Waals surface area contributed by atoms with Gasteiger partial charge in [0.05, 0.1) is 38.0 Å². The number of thiol groups is 1. The SMILES string of the molecule is CC[C@H](C)[C@H](NC(=O)[C@H](CO)NC(=O)[C@H](CC(C)C)NC(=O)[C@H](C)NC(=O)[C@H](C)NC(=O)[C@@H](NC(=O)[C@@H](NC(=O)[C@H](Cc1ccccc1)NC(=O)[C@H](CS)NC(=O)[C@@H](N)C(C)C)[C@@H](C)O)[C@@H](C)O)C(=O)N[C@@H](CO)C(=O)N[C@@H](Cc1ccc(O)cc1)C(=O)NCC(=O)N[C@@H](CCCN=C(N)N)C(=O)N[C@@H](CCCCN)C(=O)O. The summed E-state index contributed by atoms with van der Waals surface area (Å²) in [5.74, 6) is -17.3. The lowest BCUT2D eigenvalue weighted by Crippen LogP contribution is -2.63. The zero-order valence-corrected chi connectivity index (χ0v) is 66.2. The standard InChI is InChI=1S/C72H117N19O21S/c1-11-37(6)55(68(108)87-50(32-92)64(104)84-48(30-43-22-24-44(96)25-23-43)60(100)78-31-53(97)81-45(21-17-27-77-72(75)76)61(101)82-46(71(111)112)20-15-16-26-73)89-65(105)51(33-93)86-62(102)47(28-35(2)3)83-59(99)39(8)79-58(98)38(7)80-69(109)56(40(9)94)91-70(110)57(41(10)95)90-63(103)49(29-42-18-13-12-14-19-42)85-66(106)52(34-113)88-67(107)54(74)36(4)5/h12-14,18-19,22-25,35-41,45-52,54-57,92-96,113H,11,15-17,20-21,26-34,73-74H2,1-10H3,(H,78,100)(H,79,98)(H,80,109)(H,81,97)(H,82,101)(H,83,99)(H,84,104)(H,85,106)(H,86,102)(H,87,108)(H,88,107)(H,89,105)(H,90,103)(H,91,110)(H,111,112)(H4,75,76,77)/t37-,38-,39-,40+,41+,45-,46-,47-,48-,49-,50-,51-,52-,54-,55-,56-,57-/m0/s1. The molecule has 0 aromatic heterocycles. The van der Waals surface area contributed by atoms with Crippen molar-refractivity contribution in [3.63, 3.8) is 0 Å². The smallest absolute Gasteiger partial charge is 0.326 e. The van der Waals surface area contributed by atoms with Gasteiger partial charge in [0.2, 0.25) is 82.7 Å². The Kier molecular flexibility index (Phi) is 44.2. The van der Waals surface area contributed by atoms with Gasteiger partial charge in [0.25, 0.3) is 0 Å². The third-order valence-corrected chi connectivity index (χ3v) is 18.1. The zero-order chi connectivity index (χ0) is 85.5. The van der Waals surface area contributed by atoms with Gasteiger partial charge in [-0.2, -0.15) is 12.6 Å². The summed E-state index contributed by atoms with van der Waals surface area (Å²) in [6.07, 6.45) is -2.83. The number of phenols is 1. The number of carboxylic acid groups (broad SMARTS) is 1. The maximum absolute atomic E-state index is 14.1. The monoisotopic (exact) mass is 1620 g/mol. The molecule has 41 heteroatoms. The quantitative estimate of drug-likeness (QED) is 0.0127. The number of benzene rings is 2. The van der Waals surface area contributed by atoms with Crippen molar-refractivity contribution in [1.82, 2.24) is 74.4 Å². The fraction of sp³-hybridized carbons (Fsp3) is 0.611. The number of nitrogens with one attached hydrogen (secondary N) is 14. The summed E-state index contributed by atoms with van der Waals surface area (Å²) in [4.78, 5) is 208. The first kappa shape index (κ1) is 98.7. The predicted octanol–water partition coefficient (Wildman–Crippen LogP) is -7.35. The van der Waals surface area contributed by atoms with Crippen molar-refractivity contribution >= 4 is 107 Å². The summed E-state index contributed by atoms with van der Waals surface area (Å²) in [5, 5.41) is 96.0. The Morgan fingerprint density at radius 3 is 1.38 bits per heavy atom. The number of carboxylic acids is 1. The van der Waals surface area contributed by atoms with E-state index in [1.54, 1.807) is 65.0 Å². The summed E-state index contributed by atoms with van der Waals surface area (Å²) >= 11 is 4.19. The maximum atomic E-state index is 14.1. The molecule has 632 valence electrons. The first-order valence-electron chi connectivity index (χ1n) is 37.1. The molecule has 28 N–H and O–H groups in total. The van der Waals surface area contributed by atoms with E-state index in [0.717, 1.165) is 13.8 Å². The van der Waals surface area contributed by atoms with Gasteiger partial charge in [-0.15, -0.1) is 0 Å². The summed E-state index contributed by atoms with van der Waals surface area (Å²) < 4.78 is 0. The van der Waals surface area contributed by atoms with Crippen LogP contribution in [0.3, 0.4) is 0 Å². The Morgan fingerprint density at radius 1 is 0.460 bits per heavy atom. The number of rotatable bonds is 51. The van der Waals surface area contributed by atoms with E-state index >= 15 is 0 Å². The van der Waals surface area contributed by atoms with Gasteiger partial charge in [0.1, 0.15) is 84.3 Å². The van der Waals surface area contributed by atoms with Crippen LogP contribution in [0, 0.1) is 17.8 Å². The molecule has 0 saturated carbocycles. The number of aliphatic hydroxyl groups excluding tert-OH is 4. The number of aliphatic hydroxyl groups is 4. The van der Waals surface area contributed by atoms with Crippen LogP contribution < -0.4 is 97.4 Å². The number of aromatic hydroxyl groups is 1. The van der Waals surface area contributed by atoms with Gasteiger partial charge in [-0.1, -0.05) is 90.4 Å². The van der Waals surface area contributed by atoms with Crippen molar-refractivity contribution in [2.45, 2.75) is 224 Å². The van der Waals surface area contributed by atoms with E-state index in [2.05, 4.69) is 92.1 Å². The highest BCUT2D eigenvalue weighted by Crippen LogP contribution is 2.15. The van der Waals surface area contributed by atoms with Crippen LogP contribution in [-0.4, -0.2) is 261 Å². The average molecular weight is 1620 g/mol. The number of carbonyl (C=O) groups is 15. The minimum Gasteiger partial charge on any atom is -0.508 e. The Bertz CT molecular complexity index is 3520. The van der Waals surface area contributed by atoms with Crippen molar-refractivity contribution in [3.05, 3.63) is 65.7 Å². The van der Waals surface area contributed by atoms with Crippen molar-refractivity contribution in [1.29, 1.82) is 0 Å². The van der Waals surface area contributed by atoms with Gasteiger partial charge in [0, 0.05) is 25.1 Å². The second-order valence-electron chi connectivity index (χ2n) is 28.1. The molecule has 2 rings (SSSR count). The lowest BCUT2D eigenvalue weighted by atomic mass is 9.97. The first-order valence-corrected chi connectivity index (χ1v) is 37.7. The molecule has 17 atom stereocenters. The Hall–Kier alpha value is -10.3. The number of nitrogens with two attached hydrogens (primary N) is 4. The maximum Gasteiger partial charge on any atom is 0.326 e. The summed E-state index contributed by atoms with van der Waals surface area (Å²) in [6, 6.07) is -7.55. The van der Waals surface area contributed by atoms with Crippen LogP contribution in [-0.2, 0) is 84.8 Å². The Labute approximate surface area is 661 Å². The van der Waals surface area contributed by atoms with Crippen LogP contribution in [0.5, 0.6) is 5.75 Å². The first-order chi connectivity index (χ1) is 53.1. The number of hydrogen-bond donors (Lipinski definition) is 25. The highest BCUT2D eigenvalue weighted by Gasteiger charge is 2.39. The molecule has 0 radical (unpaired) electrons. The molecule has 0 fully saturated rings. The molecule has 0 aliphatic rings. The number of unbranched alkanes of at least 4 members (excludes halogenated alkanes) is 1. The zero-order valence-electron chi connectivity index (χ0n) is 65.3. The molecule has 0 saturated heterocycles. The van der Waals surface area contributed by atoms with E-state index in [0.29, 0.717) is 24.0 Å². The average Bonchev–Trinajstić information content (AvgIpc) is 0.851. The van der Waals surface area contributed by atoms with E-state index in [1.807, 2.05) is 0 Å².